The van der Waals surface area contributed by atoms with Gasteiger partial charge in [-0.2, -0.15) is 0 Å². The minimum absolute atomic E-state index is 0.0673. The molecule has 0 aromatic rings. The second-order valence-corrected chi connectivity index (χ2v) is 4.97. The van der Waals surface area contributed by atoms with Crippen LogP contribution in [0, 0.1) is 5.92 Å². The number of carbonyl (C=O) groups is 2. The van der Waals surface area contributed by atoms with E-state index < -0.39 is 0 Å². The molecule has 1 rings (SSSR count). The highest BCUT2D eigenvalue weighted by atomic mass is 16.5. The third kappa shape index (κ3) is 4.64. The second-order valence-electron chi connectivity index (χ2n) is 4.97. The maximum Gasteiger partial charge on any atom is 0.310 e. The van der Waals surface area contributed by atoms with Crippen LogP contribution in [0.5, 0.6) is 0 Å². The molecule has 1 aliphatic heterocycles. The Labute approximate surface area is 109 Å². The fourth-order valence-electron chi connectivity index (χ4n) is 2.06. The number of amides is 1. The third-order valence-electron chi connectivity index (χ3n) is 3.06. The van der Waals surface area contributed by atoms with E-state index >= 15 is 0 Å². The maximum atomic E-state index is 11.9. The van der Waals surface area contributed by atoms with E-state index in [9.17, 15) is 9.59 Å². The van der Waals surface area contributed by atoms with Gasteiger partial charge in [0.25, 0.3) is 0 Å². The van der Waals surface area contributed by atoms with Crippen molar-refractivity contribution in [2.24, 2.45) is 5.92 Å². The van der Waals surface area contributed by atoms with Crippen molar-refractivity contribution in [3.05, 3.63) is 0 Å². The van der Waals surface area contributed by atoms with Gasteiger partial charge < -0.3 is 15.0 Å². The average Bonchev–Trinajstić information content (AvgIpc) is 2.36. The maximum absolute atomic E-state index is 11.9. The molecular weight excluding hydrogens is 232 g/mol. The SMILES string of the molecule is CCOC(=O)C1CCCN(C(=O)CNC(C)C)C1. The summed E-state index contributed by atoms with van der Waals surface area (Å²) < 4.78 is 5.02. The minimum Gasteiger partial charge on any atom is -0.466 e. The van der Waals surface area contributed by atoms with Crippen LogP contribution in [0.2, 0.25) is 0 Å². The molecule has 1 fully saturated rings. The van der Waals surface area contributed by atoms with Crippen molar-refractivity contribution in [1.82, 2.24) is 10.2 Å². The highest BCUT2D eigenvalue weighted by Crippen LogP contribution is 2.17. The molecule has 1 atom stereocenters. The van der Waals surface area contributed by atoms with Gasteiger partial charge in [0.1, 0.15) is 0 Å². The number of piperidine rings is 1. The summed E-state index contributed by atoms with van der Waals surface area (Å²) >= 11 is 0. The first-order chi connectivity index (χ1) is 8.54. The number of likely N-dealkylation sites (tertiary alicyclic amines) is 1. The van der Waals surface area contributed by atoms with Crippen molar-refractivity contribution in [2.75, 3.05) is 26.2 Å². The number of carbonyl (C=O) groups excluding carboxylic acids is 2. The number of esters is 1. The molecule has 0 saturated carbocycles. The Hall–Kier alpha value is -1.10. The Morgan fingerprint density at radius 3 is 2.78 bits per heavy atom. The lowest BCUT2D eigenvalue weighted by Gasteiger charge is -2.31. The van der Waals surface area contributed by atoms with E-state index in [1.54, 1.807) is 11.8 Å². The van der Waals surface area contributed by atoms with Gasteiger partial charge in [-0.25, -0.2) is 0 Å². The van der Waals surface area contributed by atoms with Crippen molar-refractivity contribution in [3.63, 3.8) is 0 Å². The van der Waals surface area contributed by atoms with Gasteiger partial charge in [0.15, 0.2) is 0 Å². The molecule has 1 N–H and O–H groups in total. The van der Waals surface area contributed by atoms with Crippen molar-refractivity contribution < 1.29 is 14.3 Å². The van der Waals surface area contributed by atoms with Gasteiger partial charge in [0, 0.05) is 19.1 Å². The summed E-state index contributed by atoms with van der Waals surface area (Å²) in [5.41, 5.74) is 0. The van der Waals surface area contributed by atoms with Crippen molar-refractivity contribution >= 4 is 11.9 Å². The summed E-state index contributed by atoms with van der Waals surface area (Å²) in [4.78, 5) is 25.4. The molecule has 104 valence electrons. The van der Waals surface area contributed by atoms with Crippen LogP contribution in [-0.2, 0) is 14.3 Å². The van der Waals surface area contributed by atoms with Crippen LogP contribution in [0.4, 0.5) is 0 Å². The topological polar surface area (TPSA) is 58.6 Å². The van der Waals surface area contributed by atoms with Gasteiger partial charge in [-0.15, -0.1) is 0 Å². The van der Waals surface area contributed by atoms with Crippen LogP contribution >= 0.6 is 0 Å². The summed E-state index contributed by atoms with van der Waals surface area (Å²) in [7, 11) is 0. The molecule has 1 unspecified atom stereocenters. The third-order valence-corrected chi connectivity index (χ3v) is 3.06. The predicted molar refractivity (Wildman–Crippen MR) is 69.1 cm³/mol. The van der Waals surface area contributed by atoms with Crippen molar-refractivity contribution in [1.29, 1.82) is 0 Å². The molecule has 1 saturated heterocycles. The van der Waals surface area contributed by atoms with Gasteiger partial charge in [0.05, 0.1) is 19.1 Å². The van der Waals surface area contributed by atoms with Gasteiger partial charge in [-0.1, -0.05) is 13.8 Å². The normalized spacial score (nSPS) is 20.0. The number of rotatable bonds is 5. The standard InChI is InChI=1S/C13H24N2O3/c1-4-18-13(17)11-6-5-7-15(9-11)12(16)8-14-10(2)3/h10-11,14H,4-9H2,1-3H3. The lowest BCUT2D eigenvalue weighted by Crippen LogP contribution is -2.46. The van der Waals surface area contributed by atoms with E-state index in [-0.39, 0.29) is 17.8 Å². The van der Waals surface area contributed by atoms with E-state index in [2.05, 4.69) is 5.32 Å². The van der Waals surface area contributed by atoms with Crippen LogP contribution in [0.1, 0.15) is 33.6 Å². The highest BCUT2D eigenvalue weighted by Gasteiger charge is 2.28. The molecule has 1 amide bonds. The van der Waals surface area contributed by atoms with E-state index in [1.165, 1.54) is 0 Å². The smallest absolute Gasteiger partial charge is 0.310 e. The second kappa shape index (κ2) is 7.36. The summed E-state index contributed by atoms with van der Waals surface area (Å²) in [6, 6.07) is 0.291. The first-order valence-electron chi connectivity index (χ1n) is 6.72. The van der Waals surface area contributed by atoms with E-state index in [1.807, 2.05) is 13.8 Å². The fraction of sp³-hybridized carbons (Fsp3) is 0.846. The Bertz CT molecular complexity index is 292. The number of nitrogens with zero attached hydrogens (tertiary/aromatic N) is 1. The summed E-state index contributed by atoms with van der Waals surface area (Å²) in [6.07, 6.45) is 1.69. The van der Waals surface area contributed by atoms with Crippen molar-refractivity contribution in [3.8, 4) is 0 Å². The molecular formula is C13H24N2O3. The number of nitrogens with one attached hydrogen (secondary N) is 1. The minimum atomic E-state index is -0.174. The van der Waals surface area contributed by atoms with Crippen LogP contribution in [0.15, 0.2) is 0 Å². The zero-order chi connectivity index (χ0) is 13.5. The lowest BCUT2D eigenvalue weighted by molar-refractivity contribution is -0.151. The highest BCUT2D eigenvalue weighted by molar-refractivity contribution is 5.80. The first kappa shape index (κ1) is 15.0. The van der Waals surface area contributed by atoms with Crippen LogP contribution in [0.3, 0.4) is 0 Å². The van der Waals surface area contributed by atoms with Crippen molar-refractivity contribution in [2.45, 2.75) is 39.7 Å². The zero-order valence-electron chi connectivity index (χ0n) is 11.6. The zero-order valence-corrected chi connectivity index (χ0v) is 11.6. The lowest BCUT2D eigenvalue weighted by atomic mass is 9.98. The largest absolute Gasteiger partial charge is 0.466 e. The Morgan fingerprint density at radius 2 is 2.17 bits per heavy atom. The van der Waals surface area contributed by atoms with Crippen LogP contribution in [-0.4, -0.2) is 49.1 Å². The number of hydrogen-bond acceptors (Lipinski definition) is 4. The molecule has 0 radical (unpaired) electrons. The monoisotopic (exact) mass is 256 g/mol. The molecule has 0 aliphatic carbocycles. The Kier molecular flexibility index (Phi) is 6.12. The van der Waals surface area contributed by atoms with Gasteiger partial charge in [0.2, 0.25) is 5.91 Å². The molecule has 0 aromatic heterocycles. The van der Waals surface area contributed by atoms with Gasteiger partial charge in [-0.05, 0) is 19.8 Å². The molecule has 0 bridgehead atoms. The van der Waals surface area contributed by atoms with Gasteiger partial charge in [-0.3, -0.25) is 9.59 Å². The molecule has 1 heterocycles. The molecule has 0 aromatic carbocycles. The predicted octanol–water partition coefficient (Wildman–Crippen LogP) is 0.786. The summed E-state index contributed by atoms with van der Waals surface area (Å²) in [5.74, 6) is -0.258. The Balaban J connectivity index is 2.42. The molecule has 5 nitrogen and oxygen atoms in total. The summed E-state index contributed by atoms with van der Waals surface area (Å²) in [5, 5.41) is 3.10. The quantitative estimate of drug-likeness (QED) is 0.739. The molecule has 5 heteroatoms. The van der Waals surface area contributed by atoms with Gasteiger partial charge >= 0.3 is 5.97 Å². The van der Waals surface area contributed by atoms with Crippen LogP contribution < -0.4 is 5.32 Å². The van der Waals surface area contributed by atoms with E-state index in [0.717, 1.165) is 19.4 Å². The molecule has 18 heavy (non-hydrogen) atoms. The Morgan fingerprint density at radius 1 is 1.44 bits per heavy atom. The molecule has 0 spiro atoms. The number of ether oxygens (including phenoxy) is 1. The van der Waals surface area contributed by atoms with Crippen LogP contribution in [0.25, 0.3) is 0 Å². The number of hydrogen-bond donors (Lipinski definition) is 1. The fourth-order valence-corrected chi connectivity index (χ4v) is 2.06. The van der Waals surface area contributed by atoms with E-state index in [0.29, 0.717) is 25.7 Å². The first-order valence-corrected chi connectivity index (χ1v) is 6.72. The molecule has 1 aliphatic rings. The van der Waals surface area contributed by atoms with E-state index in [4.69, 9.17) is 4.74 Å². The summed E-state index contributed by atoms with van der Waals surface area (Å²) in [6.45, 7) is 7.80. The average molecular weight is 256 g/mol.